The SMILES string of the molecule is O=C(C1CC(F)(F)C1)N1CCCC(Br)C1. The second-order valence-electron chi connectivity index (χ2n) is 4.48. The molecular formula is C10H14BrF2NO. The van der Waals surface area contributed by atoms with Crippen LogP contribution in [0.1, 0.15) is 25.7 Å². The molecule has 1 unspecified atom stereocenters. The first-order valence-electron chi connectivity index (χ1n) is 5.29. The molecule has 0 N–H and O–H groups in total. The van der Waals surface area contributed by atoms with Gasteiger partial charge in [-0.25, -0.2) is 8.78 Å². The number of halogens is 3. The molecule has 1 saturated carbocycles. The van der Waals surface area contributed by atoms with Gasteiger partial charge in [0, 0.05) is 36.7 Å². The standard InChI is InChI=1S/C10H14BrF2NO/c11-8-2-1-3-14(6-8)9(15)7-4-10(12,13)5-7/h7-8H,1-6H2. The van der Waals surface area contributed by atoms with E-state index in [2.05, 4.69) is 15.9 Å². The van der Waals surface area contributed by atoms with E-state index in [4.69, 9.17) is 0 Å². The van der Waals surface area contributed by atoms with Crippen molar-refractivity contribution in [3.05, 3.63) is 0 Å². The van der Waals surface area contributed by atoms with Crippen molar-refractivity contribution in [1.29, 1.82) is 0 Å². The molecule has 0 aromatic carbocycles. The van der Waals surface area contributed by atoms with Crippen molar-refractivity contribution in [2.75, 3.05) is 13.1 Å². The second-order valence-corrected chi connectivity index (χ2v) is 5.78. The number of hydrogen-bond donors (Lipinski definition) is 0. The Labute approximate surface area is 96.1 Å². The first-order chi connectivity index (χ1) is 6.98. The molecule has 1 atom stereocenters. The molecule has 15 heavy (non-hydrogen) atoms. The molecular weight excluding hydrogens is 268 g/mol. The van der Waals surface area contributed by atoms with Crippen molar-refractivity contribution < 1.29 is 13.6 Å². The molecule has 5 heteroatoms. The van der Waals surface area contributed by atoms with Crippen LogP contribution in [-0.2, 0) is 4.79 Å². The van der Waals surface area contributed by atoms with E-state index in [9.17, 15) is 13.6 Å². The molecule has 0 bridgehead atoms. The van der Waals surface area contributed by atoms with E-state index >= 15 is 0 Å². The molecule has 86 valence electrons. The zero-order valence-electron chi connectivity index (χ0n) is 8.39. The predicted octanol–water partition coefficient (Wildman–Crippen LogP) is 2.42. The molecule has 0 aromatic heterocycles. The average molecular weight is 282 g/mol. The molecule has 0 aromatic rings. The van der Waals surface area contributed by atoms with E-state index in [1.165, 1.54) is 0 Å². The summed E-state index contributed by atoms with van der Waals surface area (Å²) in [5, 5.41) is 0. The number of nitrogens with zero attached hydrogens (tertiary/aromatic N) is 1. The van der Waals surface area contributed by atoms with Crippen LogP contribution in [0.5, 0.6) is 0 Å². The van der Waals surface area contributed by atoms with Gasteiger partial charge in [0.25, 0.3) is 0 Å². The Kier molecular flexibility index (Phi) is 3.01. The fraction of sp³-hybridized carbons (Fsp3) is 0.900. The van der Waals surface area contributed by atoms with Crippen LogP contribution in [0.3, 0.4) is 0 Å². The highest BCUT2D eigenvalue weighted by atomic mass is 79.9. The summed E-state index contributed by atoms with van der Waals surface area (Å²) in [6.07, 6.45) is 1.51. The number of likely N-dealkylation sites (tertiary alicyclic amines) is 1. The number of hydrogen-bond acceptors (Lipinski definition) is 1. The van der Waals surface area contributed by atoms with Gasteiger partial charge in [-0.3, -0.25) is 4.79 Å². The summed E-state index contributed by atoms with van der Waals surface area (Å²) in [5.41, 5.74) is 0. The lowest BCUT2D eigenvalue weighted by Crippen LogP contribution is -2.49. The first kappa shape index (κ1) is 11.3. The Morgan fingerprint density at radius 3 is 2.60 bits per heavy atom. The van der Waals surface area contributed by atoms with Gasteiger partial charge in [0.1, 0.15) is 0 Å². The maximum Gasteiger partial charge on any atom is 0.249 e. The Bertz CT molecular complexity index is 264. The van der Waals surface area contributed by atoms with Gasteiger partial charge in [0.05, 0.1) is 0 Å². The minimum absolute atomic E-state index is 0.0786. The summed E-state index contributed by atoms with van der Waals surface area (Å²) in [5.74, 6) is -3.10. The number of carbonyl (C=O) groups is 1. The number of carbonyl (C=O) groups excluding carboxylic acids is 1. The minimum Gasteiger partial charge on any atom is -0.341 e. The van der Waals surface area contributed by atoms with Crippen molar-refractivity contribution in [3.63, 3.8) is 0 Å². The van der Waals surface area contributed by atoms with Crippen LogP contribution in [0, 0.1) is 5.92 Å². The quantitative estimate of drug-likeness (QED) is 0.676. The Hall–Kier alpha value is -0.190. The molecule has 1 aliphatic heterocycles. The highest BCUT2D eigenvalue weighted by molar-refractivity contribution is 9.09. The molecule has 0 spiro atoms. The van der Waals surface area contributed by atoms with Gasteiger partial charge < -0.3 is 4.90 Å². The van der Waals surface area contributed by atoms with Crippen molar-refractivity contribution >= 4 is 21.8 Å². The average Bonchev–Trinajstić information content (AvgIpc) is 2.13. The highest BCUT2D eigenvalue weighted by Crippen LogP contribution is 2.43. The molecule has 2 nitrogen and oxygen atoms in total. The van der Waals surface area contributed by atoms with Crippen molar-refractivity contribution in [1.82, 2.24) is 4.90 Å². The molecule has 1 aliphatic carbocycles. The topological polar surface area (TPSA) is 20.3 Å². The summed E-state index contributed by atoms with van der Waals surface area (Å²) in [7, 11) is 0. The molecule has 0 radical (unpaired) electrons. The van der Waals surface area contributed by atoms with Gasteiger partial charge in [0.15, 0.2) is 0 Å². The molecule has 2 rings (SSSR count). The third-order valence-electron chi connectivity index (χ3n) is 3.11. The van der Waals surface area contributed by atoms with Crippen molar-refractivity contribution in [2.24, 2.45) is 5.92 Å². The van der Waals surface area contributed by atoms with E-state index < -0.39 is 11.8 Å². The maximum atomic E-state index is 12.6. The third-order valence-corrected chi connectivity index (χ3v) is 3.86. The molecule has 2 fully saturated rings. The fourth-order valence-electron chi connectivity index (χ4n) is 2.22. The number of rotatable bonds is 1. The van der Waals surface area contributed by atoms with Crippen LogP contribution < -0.4 is 0 Å². The molecule has 1 heterocycles. The number of alkyl halides is 3. The van der Waals surface area contributed by atoms with Gasteiger partial charge in [0.2, 0.25) is 11.8 Å². The fourth-order valence-corrected chi connectivity index (χ4v) is 2.89. The summed E-state index contributed by atoms with van der Waals surface area (Å²) in [6, 6.07) is 0. The lowest BCUT2D eigenvalue weighted by Gasteiger charge is -2.39. The van der Waals surface area contributed by atoms with E-state index in [0.717, 1.165) is 19.4 Å². The normalized spacial score (nSPS) is 31.1. The zero-order valence-corrected chi connectivity index (χ0v) is 9.97. The summed E-state index contributed by atoms with van der Waals surface area (Å²) >= 11 is 3.47. The Morgan fingerprint density at radius 2 is 2.07 bits per heavy atom. The zero-order chi connectivity index (χ0) is 11.1. The van der Waals surface area contributed by atoms with Crippen LogP contribution in [0.4, 0.5) is 8.78 Å². The third kappa shape index (κ3) is 2.49. The minimum atomic E-state index is -2.59. The van der Waals surface area contributed by atoms with E-state index in [1.54, 1.807) is 4.90 Å². The van der Waals surface area contributed by atoms with Gasteiger partial charge in [-0.15, -0.1) is 0 Å². The van der Waals surface area contributed by atoms with Crippen LogP contribution >= 0.6 is 15.9 Å². The Morgan fingerprint density at radius 1 is 1.40 bits per heavy atom. The van der Waals surface area contributed by atoms with Crippen LogP contribution in [0.25, 0.3) is 0 Å². The smallest absolute Gasteiger partial charge is 0.249 e. The van der Waals surface area contributed by atoms with E-state index in [-0.39, 0.29) is 18.7 Å². The maximum absolute atomic E-state index is 12.6. The predicted molar refractivity (Wildman–Crippen MR) is 56.2 cm³/mol. The molecule has 2 aliphatic rings. The second kappa shape index (κ2) is 4.00. The summed E-state index contributed by atoms with van der Waals surface area (Å²) < 4.78 is 25.2. The van der Waals surface area contributed by atoms with Crippen molar-refractivity contribution in [2.45, 2.75) is 36.4 Å². The highest BCUT2D eigenvalue weighted by Gasteiger charge is 2.49. The summed E-state index contributed by atoms with van der Waals surface area (Å²) in [4.78, 5) is 13.8. The van der Waals surface area contributed by atoms with Gasteiger partial charge in [-0.2, -0.15) is 0 Å². The van der Waals surface area contributed by atoms with E-state index in [0.29, 0.717) is 11.4 Å². The monoisotopic (exact) mass is 281 g/mol. The molecule has 1 saturated heterocycles. The van der Waals surface area contributed by atoms with Crippen LogP contribution in [0.15, 0.2) is 0 Å². The number of amides is 1. The van der Waals surface area contributed by atoms with Crippen LogP contribution in [-0.4, -0.2) is 34.6 Å². The number of piperidine rings is 1. The van der Waals surface area contributed by atoms with Gasteiger partial charge in [-0.05, 0) is 12.8 Å². The first-order valence-corrected chi connectivity index (χ1v) is 6.20. The van der Waals surface area contributed by atoms with Crippen molar-refractivity contribution in [3.8, 4) is 0 Å². The van der Waals surface area contributed by atoms with Gasteiger partial charge in [-0.1, -0.05) is 15.9 Å². The van der Waals surface area contributed by atoms with Gasteiger partial charge >= 0.3 is 0 Å². The molecule has 1 amide bonds. The van der Waals surface area contributed by atoms with Crippen LogP contribution in [0.2, 0.25) is 0 Å². The largest absolute Gasteiger partial charge is 0.341 e. The summed E-state index contributed by atoms with van der Waals surface area (Å²) in [6.45, 7) is 1.39. The van der Waals surface area contributed by atoms with E-state index in [1.807, 2.05) is 0 Å². The lowest BCUT2D eigenvalue weighted by atomic mass is 9.80. The Balaban J connectivity index is 1.86. The lowest BCUT2D eigenvalue weighted by molar-refractivity contribution is -0.160.